The van der Waals surface area contributed by atoms with Crippen LogP contribution in [-0.2, 0) is 0 Å². The van der Waals surface area contributed by atoms with Crippen LogP contribution in [0.5, 0.6) is 0 Å². The number of likely N-dealkylation sites (tertiary alicyclic amines) is 1. The molecule has 2 N–H and O–H groups in total. The molecule has 0 amide bonds. The van der Waals surface area contributed by atoms with E-state index in [1.54, 1.807) is 0 Å². The molecule has 0 aliphatic carbocycles. The van der Waals surface area contributed by atoms with Crippen molar-refractivity contribution in [1.82, 2.24) is 4.90 Å². The van der Waals surface area contributed by atoms with E-state index in [4.69, 9.17) is 5.73 Å². The molecule has 1 aromatic rings. The maximum atomic E-state index is 6.10. The first kappa shape index (κ1) is 11.6. The van der Waals surface area contributed by atoms with Crippen LogP contribution in [0.1, 0.15) is 38.3 Å². The Morgan fingerprint density at radius 1 is 1.25 bits per heavy atom. The molecule has 0 bridgehead atoms. The summed E-state index contributed by atoms with van der Waals surface area (Å²) >= 11 is 0. The Balaban J connectivity index is 2.21. The zero-order chi connectivity index (χ0) is 11.5. The molecular weight excluding hydrogens is 196 g/mol. The minimum atomic E-state index is 0.361. The fraction of sp³-hybridized carbons (Fsp3) is 0.571. The Morgan fingerprint density at radius 2 is 1.94 bits per heavy atom. The molecule has 2 nitrogen and oxygen atoms in total. The van der Waals surface area contributed by atoms with Crippen molar-refractivity contribution in [3.8, 4) is 0 Å². The second-order valence-electron chi connectivity index (χ2n) is 5.04. The van der Waals surface area contributed by atoms with Crippen LogP contribution in [0, 0.1) is 0 Å². The van der Waals surface area contributed by atoms with Gasteiger partial charge in [0.2, 0.25) is 0 Å². The highest BCUT2D eigenvalue weighted by molar-refractivity contribution is 5.20. The number of hydrogen-bond acceptors (Lipinski definition) is 2. The monoisotopic (exact) mass is 218 g/mol. The Kier molecular flexibility index (Phi) is 3.62. The maximum Gasteiger partial charge on any atom is 0.0365 e. The van der Waals surface area contributed by atoms with Crippen LogP contribution < -0.4 is 5.73 Å². The molecule has 0 saturated carbocycles. The van der Waals surface area contributed by atoms with Gasteiger partial charge in [-0.1, -0.05) is 30.3 Å². The van der Waals surface area contributed by atoms with E-state index in [0.29, 0.717) is 18.1 Å². The molecule has 1 saturated heterocycles. The smallest absolute Gasteiger partial charge is 0.0365 e. The van der Waals surface area contributed by atoms with Crippen LogP contribution in [0.4, 0.5) is 0 Å². The zero-order valence-corrected chi connectivity index (χ0v) is 10.3. The van der Waals surface area contributed by atoms with Crippen molar-refractivity contribution in [1.29, 1.82) is 0 Å². The SMILES string of the molecule is CC(C)N1CCC(N)C[C@H]1c1ccccc1. The van der Waals surface area contributed by atoms with Crippen molar-refractivity contribution >= 4 is 0 Å². The van der Waals surface area contributed by atoms with Gasteiger partial charge in [0, 0.05) is 24.7 Å². The molecule has 1 fully saturated rings. The topological polar surface area (TPSA) is 29.3 Å². The van der Waals surface area contributed by atoms with Crippen LogP contribution in [0.15, 0.2) is 30.3 Å². The van der Waals surface area contributed by atoms with Gasteiger partial charge in [-0.3, -0.25) is 4.90 Å². The fourth-order valence-electron chi connectivity index (χ4n) is 2.63. The van der Waals surface area contributed by atoms with E-state index in [-0.39, 0.29) is 0 Å². The highest BCUT2D eigenvalue weighted by Crippen LogP contribution is 2.31. The summed E-state index contributed by atoms with van der Waals surface area (Å²) in [6, 6.07) is 12.2. The van der Waals surface area contributed by atoms with Gasteiger partial charge in [-0.25, -0.2) is 0 Å². The average Bonchev–Trinajstić information content (AvgIpc) is 2.29. The molecule has 2 heteroatoms. The van der Waals surface area contributed by atoms with E-state index in [0.717, 1.165) is 19.4 Å². The minimum Gasteiger partial charge on any atom is -0.328 e. The lowest BCUT2D eigenvalue weighted by Gasteiger charge is -2.41. The zero-order valence-electron chi connectivity index (χ0n) is 10.3. The lowest BCUT2D eigenvalue weighted by molar-refractivity contribution is 0.101. The first-order valence-electron chi connectivity index (χ1n) is 6.24. The highest BCUT2D eigenvalue weighted by atomic mass is 15.2. The van der Waals surface area contributed by atoms with Gasteiger partial charge in [0.1, 0.15) is 0 Å². The van der Waals surface area contributed by atoms with Crippen LogP contribution >= 0.6 is 0 Å². The van der Waals surface area contributed by atoms with Gasteiger partial charge in [0.25, 0.3) is 0 Å². The third kappa shape index (κ3) is 2.45. The lowest BCUT2D eigenvalue weighted by atomic mass is 9.91. The Bertz CT molecular complexity index is 321. The summed E-state index contributed by atoms with van der Waals surface area (Å²) in [6.07, 6.45) is 2.21. The predicted molar refractivity (Wildman–Crippen MR) is 68.2 cm³/mol. The number of nitrogens with two attached hydrogens (primary N) is 1. The molecule has 2 atom stereocenters. The molecular formula is C14H22N2. The van der Waals surface area contributed by atoms with Gasteiger partial charge in [-0.2, -0.15) is 0 Å². The standard InChI is InChI=1S/C14H22N2/c1-11(2)16-9-8-13(15)10-14(16)12-6-4-3-5-7-12/h3-7,11,13-14H,8-10,15H2,1-2H3/t13?,14-/m0/s1. The van der Waals surface area contributed by atoms with E-state index in [2.05, 4.69) is 49.1 Å². The Hall–Kier alpha value is -0.860. The first-order chi connectivity index (χ1) is 7.68. The molecule has 0 spiro atoms. The molecule has 0 aromatic heterocycles. The summed E-state index contributed by atoms with van der Waals surface area (Å²) in [5.41, 5.74) is 7.51. The summed E-state index contributed by atoms with van der Waals surface area (Å²) in [6.45, 7) is 5.66. The molecule has 2 rings (SSSR count). The highest BCUT2D eigenvalue weighted by Gasteiger charge is 2.29. The van der Waals surface area contributed by atoms with Crippen LogP contribution in [0.2, 0.25) is 0 Å². The van der Waals surface area contributed by atoms with Gasteiger partial charge in [0.05, 0.1) is 0 Å². The summed E-state index contributed by atoms with van der Waals surface area (Å²) in [5.74, 6) is 0. The lowest BCUT2D eigenvalue weighted by Crippen LogP contribution is -2.45. The molecule has 1 aliphatic rings. The number of benzene rings is 1. The minimum absolute atomic E-state index is 0.361. The van der Waals surface area contributed by atoms with Gasteiger partial charge in [-0.15, -0.1) is 0 Å². The van der Waals surface area contributed by atoms with Crippen molar-refractivity contribution in [2.24, 2.45) is 5.73 Å². The van der Waals surface area contributed by atoms with E-state index >= 15 is 0 Å². The number of piperidine rings is 1. The number of hydrogen-bond donors (Lipinski definition) is 1. The van der Waals surface area contributed by atoms with Gasteiger partial charge in [0.15, 0.2) is 0 Å². The van der Waals surface area contributed by atoms with Gasteiger partial charge < -0.3 is 5.73 Å². The fourth-order valence-corrected chi connectivity index (χ4v) is 2.63. The van der Waals surface area contributed by atoms with E-state index in [1.807, 2.05) is 0 Å². The van der Waals surface area contributed by atoms with Gasteiger partial charge in [-0.05, 0) is 32.3 Å². The van der Waals surface area contributed by atoms with Crippen LogP contribution in [0.25, 0.3) is 0 Å². The van der Waals surface area contributed by atoms with Crippen molar-refractivity contribution in [3.63, 3.8) is 0 Å². The second kappa shape index (κ2) is 4.98. The van der Waals surface area contributed by atoms with Gasteiger partial charge >= 0.3 is 0 Å². The average molecular weight is 218 g/mol. The molecule has 1 aromatic carbocycles. The third-order valence-corrected chi connectivity index (χ3v) is 3.53. The van der Waals surface area contributed by atoms with Crippen molar-refractivity contribution in [2.45, 2.75) is 44.8 Å². The molecule has 1 aliphatic heterocycles. The molecule has 88 valence electrons. The largest absolute Gasteiger partial charge is 0.328 e. The van der Waals surface area contributed by atoms with E-state index < -0.39 is 0 Å². The van der Waals surface area contributed by atoms with Crippen molar-refractivity contribution in [2.75, 3.05) is 6.54 Å². The third-order valence-electron chi connectivity index (χ3n) is 3.53. The number of nitrogens with zero attached hydrogens (tertiary/aromatic N) is 1. The molecule has 1 unspecified atom stereocenters. The summed E-state index contributed by atoms with van der Waals surface area (Å²) in [7, 11) is 0. The molecule has 1 heterocycles. The summed E-state index contributed by atoms with van der Waals surface area (Å²) in [4.78, 5) is 2.57. The quantitative estimate of drug-likeness (QED) is 0.826. The Morgan fingerprint density at radius 3 is 2.56 bits per heavy atom. The van der Waals surface area contributed by atoms with Crippen LogP contribution in [0.3, 0.4) is 0 Å². The normalized spacial score (nSPS) is 27.2. The van der Waals surface area contributed by atoms with E-state index in [1.165, 1.54) is 5.56 Å². The van der Waals surface area contributed by atoms with E-state index in [9.17, 15) is 0 Å². The van der Waals surface area contributed by atoms with Crippen molar-refractivity contribution in [3.05, 3.63) is 35.9 Å². The summed E-state index contributed by atoms with van der Waals surface area (Å²) in [5, 5.41) is 0. The first-order valence-corrected chi connectivity index (χ1v) is 6.24. The Labute approximate surface area is 98.4 Å². The predicted octanol–water partition coefficient (Wildman–Crippen LogP) is 2.56. The summed E-state index contributed by atoms with van der Waals surface area (Å²) < 4.78 is 0. The maximum absolute atomic E-state index is 6.10. The number of rotatable bonds is 2. The molecule has 0 radical (unpaired) electrons. The molecule has 16 heavy (non-hydrogen) atoms. The van der Waals surface area contributed by atoms with Crippen molar-refractivity contribution < 1.29 is 0 Å². The second-order valence-corrected chi connectivity index (χ2v) is 5.04. The van der Waals surface area contributed by atoms with Crippen LogP contribution in [-0.4, -0.2) is 23.5 Å².